The van der Waals surface area contributed by atoms with E-state index in [1.54, 1.807) is 13.3 Å². The Morgan fingerprint density at radius 3 is 3.07 bits per heavy atom. The molecule has 2 rings (SSSR count). The number of anilines is 1. The molecule has 15 heavy (non-hydrogen) atoms. The van der Waals surface area contributed by atoms with Crippen LogP contribution in [0.4, 0.5) is 5.69 Å². The summed E-state index contributed by atoms with van der Waals surface area (Å²) in [6, 6.07) is 7.81. The molecule has 0 spiro atoms. The zero-order valence-electron chi connectivity index (χ0n) is 8.53. The van der Waals surface area contributed by atoms with Crippen molar-refractivity contribution in [3.63, 3.8) is 0 Å². The Morgan fingerprint density at radius 1 is 1.40 bits per heavy atom. The number of rotatable bonds is 4. The van der Waals surface area contributed by atoms with E-state index in [4.69, 9.17) is 4.74 Å². The lowest BCUT2D eigenvalue weighted by molar-refractivity contribution is 0.399. The summed E-state index contributed by atoms with van der Waals surface area (Å²) in [4.78, 5) is 7.22. The molecule has 0 atom stereocenters. The van der Waals surface area contributed by atoms with E-state index >= 15 is 0 Å². The lowest BCUT2D eigenvalue weighted by Crippen LogP contribution is -2.02. The molecule has 0 aliphatic carbocycles. The van der Waals surface area contributed by atoms with Crippen LogP contribution in [0.3, 0.4) is 0 Å². The van der Waals surface area contributed by atoms with E-state index in [0.29, 0.717) is 5.88 Å². The molecule has 0 fully saturated rings. The second-order valence-electron chi connectivity index (χ2n) is 3.11. The monoisotopic (exact) mass is 203 g/mol. The fourth-order valence-electron chi connectivity index (χ4n) is 1.36. The summed E-state index contributed by atoms with van der Waals surface area (Å²) in [7, 11) is 1.61. The van der Waals surface area contributed by atoms with Gasteiger partial charge in [0.05, 0.1) is 19.3 Å². The van der Waals surface area contributed by atoms with E-state index in [9.17, 15) is 0 Å². The largest absolute Gasteiger partial charge is 0.480 e. The van der Waals surface area contributed by atoms with Gasteiger partial charge < -0.3 is 15.0 Å². The Morgan fingerprint density at radius 2 is 2.33 bits per heavy atom. The van der Waals surface area contributed by atoms with E-state index in [-0.39, 0.29) is 0 Å². The van der Waals surface area contributed by atoms with Gasteiger partial charge in [-0.25, -0.2) is 4.98 Å². The van der Waals surface area contributed by atoms with Crippen LogP contribution in [-0.4, -0.2) is 17.1 Å². The number of hydrogen-bond acceptors (Lipinski definition) is 3. The number of hydrogen-bond donors (Lipinski definition) is 2. The van der Waals surface area contributed by atoms with Crippen molar-refractivity contribution in [1.29, 1.82) is 0 Å². The Hall–Kier alpha value is -1.97. The van der Waals surface area contributed by atoms with E-state index in [0.717, 1.165) is 17.9 Å². The first-order chi connectivity index (χ1) is 7.40. The molecule has 2 aromatic heterocycles. The number of aromatic nitrogens is 2. The maximum atomic E-state index is 5.13. The van der Waals surface area contributed by atoms with Crippen molar-refractivity contribution in [2.24, 2.45) is 0 Å². The van der Waals surface area contributed by atoms with Crippen molar-refractivity contribution in [3.05, 3.63) is 42.4 Å². The van der Waals surface area contributed by atoms with Crippen LogP contribution in [0.2, 0.25) is 0 Å². The Labute approximate surface area is 88.3 Å². The first kappa shape index (κ1) is 9.58. The Kier molecular flexibility index (Phi) is 2.88. The molecule has 2 heterocycles. The molecule has 2 aromatic rings. The summed E-state index contributed by atoms with van der Waals surface area (Å²) in [5.41, 5.74) is 2.02. The topological polar surface area (TPSA) is 49.9 Å². The predicted octanol–water partition coefficient (Wildman–Crippen LogP) is 2.03. The predicted molar refractivity (Wildman–Crippen MR) is 58.9 cm³/mol. The summed E-state index contributed by atoms with van der Waals surface area (Å²) in [5, 5.41) is 3.25. The average molecular weight is 203 g/mol. The highest BCUT2D eigenvalue weighted by atomic mass is 16.5. The molecule has 0 aliphatic rings. The molecule has 0 saturated carbocycles. The van der Waals surface area contributed by atoms with Crippen LogP contribution < -0.4 is 10.1 Å². The molecule has 0 aliphatic heterocycles. The summed E-state index contributed by atoms with van der Waals surface area (Å²) < 4.78 is 5.13. The fourth-order valence-corrected chi connectivity index (χ4v) is 1.36. The van der Waals surface area contributed by atoms with E-state index in [2.05, 4.69) is 15.3 Å². The minimum atomic E-state index is 0.615. The zero-order chi connectivity index (χ0) is 10.5. The second-order valence-corrected chi connectivity index (χ2v) is 3.11. The maximum absolute atomic E-state index is 5.13. The lowest BCUT2D eigenvalue weighted by atomic mass is 10.3. The number of methoxy groups -OCH3 is 1. The van der Waals surface area contributed by atoms with Gasteiger partial charge >= 0.3 is 0 Å². The van der Waals surface area contributed by atoms with Crippen LogP contribution >= 0.6 is 0 Å². The minimum Gasteiger partial charge on any atom is -0.480 e. The smallest absolute Gasteiger partial charge is 0.237 e. The molecule has 2 N–H and O–H groups in total. The van der Waals surface area contributed by atoms with Crippen LogP contribution in [0.15, 0.2) is 36.7 Å². The molecule has 0 bridgehead atoms. The number of ether oxygens (including phenoxy) is 1. The quantitative estimate of drug-likeness (QED) is 0.799. The molecule has 0 saturated heterocycles. The van der Waals surface area contributed by atoms with Crippen molar-refractivity contribution in [3.8, 4) is 5.88 Å². The van der Waals surface area contributed by atoms with Gasteiger partial charge in [-0.05, 0) is 24.3 Å². The number of aromatic amines is 1. The van der Waals surface area contributed by atoms with Crippen LogP contribution in [-0.2, 0) is 6.54 Å². The Balaban J connectivity index is 2.04. The molecule has 78 valence electrons. The number of pyridine rings is 1. The highest BCUT2D eigenvalue weighted by Gasteiger charge is 2.01. The molecule has 4 heteroatoms. The molecular weight excluding hydrogens is 190 g/mol. The molecule has 4 nitrogen and oxygen atoms in total. The van der Waals surface area contributed by atoms with Gasteiger partial charge in [0.15, 0.2) is 0 Å². The van der Waals surface area contributed by atoms with Gasteiger partial charge in [-0.1, -0.05) is 0 Å². The van der Waals surface area contributed by atoms with Gasteiger partial charge in [0.1, 0.15) is 0 Å². The van der Waals surface area contributed by atoms with Gasteiger partial charge in [-0.3, -0.25) is 0 Å². The van der Waals surface area contributed by atoms with Gasteiger partial charge in [0.25, 0.3) is 0 Å². The third-order valence-corrected chi connectivity index (χ3v) is 2.10. The third kappa shape index (κ3) is 2.28. The first-order valence-corrected chi connectivity index (χ1v) is 4.75. The highest BCUT2D eigenvalue weighted by molar-refractivity contribution is 5.52. The van der Waals surface area contributed by atoms with Gasteiger partial charge in [0, 0.05) is 18.1 Å². The van der Waals surface area contributed by atoms with Crippen LogP contribution in [0.1, 0.15) is 5.69 Å². The van der Waals surface area contributed by atoms with Crippen molar-refractivity contribution in [2.75, 3.05) is 12.4 Å². The van der Waals surface area contributed by atoms with Crippen molar-refractivity contribution in [2.45, 2.75) is 6.54 Å². The number of H-pyrrole nitrogens is 1. The third-order valence-electron chi connectivity index (χ3n) is 2.10. The number of nitrogens with zero attached hydrogens (tertiary/aromatic N) is 1. The first-order valence-electron chi connectivity index (χ1n) is 4.75. The molecule has 0 aromatic carbocycles. The molecule has 0 unspecified atom stereocenters. The summed E-state index contributed by atoms with van der Waals surface area (Å²) >= 11 is 0. The van der Waals surface area contributed by atoms with Gasteiger partial charge in [0.2, 0.25) is 5.88 Å². The summed E-state index contributed by atoms with van der Waals surface area (Å²) in [5.74, 6) is 0.615. The van der Waals surface area contributed by atoms with Crippen molar-refractivity contribution < 1.29 is 4.74 Å². The van der Waals surface area contributed by atoms with Crippen molar-refractivity contribution in [1.82, 2.24) is 9.97 Å². The van der Waals surface area contributed by atoms with Crippen LogP contribution in [0.5, 0.6) is 5.88 Å². The lowest BCUT2D eigenvalue weighted by Gasteiger charge is -2.08. The molecular formula is C11H13N3O. The van der Waals surface area contributed by atoms with Crippen molar-refractivity contribution >= 4 is 5.69 Å². The highest BCUT2D eigenvalue weighted by Crippen LogP contribution is 2.20. The zero-order valence-corrected chi connectivity index (χ0v) is 8.53. The second kappa shape index (κ2) is 4.50. The SMILES string of the molecule is COc1ncccc1NCc1ccc[nH]1. The summed E-state index contributed by atoms with van der Waals surface area (Å²) in [6.45, 7) is 0.731. The van der Waals surface area contributed by atoms with Crippen LogP contribution in [0, 0.1) is 0 Å². The van der Waals surface area contributed by atoms with E-state index in [1.807, 2.05) is 30.5 Å². The molecule has 0 amide bonds. The van der Waals surface area contributed by atoms with Crippen LogP contribution in [0.25, 0.3) is 0 Å². The van der Waals surface area contributed by atoms with Gasteiger partial charge in [-0.15, -0.1) is 0 Å². The summed E-state index contributed by atoms with van der Waals surface area (Å²) in [6.07, 6.45) is 3.61. The number of nitrogens with one attached hydrogen (secondary N) is 2. The maximum Gasteiger partial charge on any atom is 0.237 e. The van der Waals surface area contributed by atoms with Gasteiger partial charge in [-0.2, -0.15) is 0 Å². The standard InChI is InChI=1S/C11H13N3O/c1-15-11-10(5-3-7-13-11)14-8-9-4-2-6-12-9/h2-7,12,14H,8H2,1H3. The minimum absolute atomic E-state index is 0.615. The van der Waals surface area contributed by atoms with E-state index in [1.165, 1.54) is 0 Å². The Bertz CT molecular complexity index is 412. The fraction of sp³-hybridized carbons (Fsp3) is 0.182. The molecule has 0 radical (unpaired) electrons. The van der Waals surface area contributed by atoms with E-state index < -0.39 is 0 Å². The average Bonchev–Trinajstić information content (AvgIpc) is 2.79. The normalized spacial score (nSPS) is 9.93.